The van der Waals surface area contributed by atoms with Gasteiger partial charge in [-0.05, 0) is 59.5 Å². The molecule has 2 aliphatic rings. The number of amides is 1. The monoisotopic (exact) mass is 515 g/mol. The van der Waals surface area contributed by atoms with Crippen LogP contribution in [0.3, 0.4) is 0 Å². The van der Waals surface area contributed by atoms with Crippen LogP contribution in [0.2, 0.25) is 5.02 Å². The molecule has 0 aliphatic carbocycles. The lowest BCUT2D eigenvalue weighted by atomic mass is 9.92. The van der Waals surface area contributed by atoms with E-state index < -0.39 is 5.82 Å². The quantitative estimate of drug-likeness (QED) is 0.369. The Morgan fingerprint density at radius 3 is 2.92 bits per heavy atom. The third-order valence-corrected chi connectivity index (χ3v) is 7.45. The van der Waals surface area contributed by atoms with E-state index in [2.05, 4.69) is 35.5 Å². The van der Waals surface area contributed by atoms with Gasteiger partial charge in [0.15, 0.2) is 5.82 Å². The first-order valence-electron chi connectivity index (χ1n) is 11.8. The maximum absolute atomic E-state index is 15.3. The van der Waals surface area contributed by atoms with Crippen LogP contribution >= 0.6 is 11.6 Å². The summed E-state index contributed by atoms with van der Waals surface area (Å²) in [4.78, 5) is 30.8. The lowest BCUT2D eigenvalue weighted by Gasteiger charge is -2.33. The Kier molecular flexibility index (Phi) is 4.93. The van der Waals surface area contributed by atoms with Crippen molar-refractivity contribution in [3.63, 3.8) is 0 Å². The number of halogens is 2. The van der Waals surface area contributed by atoms with Crippen molar-refractivity contribution in [2.45, 2.75) is 31.3 Å². The molecule has 0 unspecified atom stereocenters. The molecule has 0 radical (unpaired) electrons. The van der Waals surface area contributed by atoms with E-state index in [0.717, 1.165) is 41.0 Å². The van der Waals surface area contributed by atoms with Gasteiger partial charge in [-0.1, -0.05) is 11.6 Å². The third kappa shape index (κ3) is 3.45. The first kappa shape index (κ1) is 21.9. The SMILES string of the molecule is O=C1C=C(c2c(-n3cnnn3)ccc(Cl)c2F)C[C@@H]2CC[C@@H](c3ncc(-c4ccnc5[nH]ccc45)[nH]3)N12. The number of hydrogen-bond donors (Lipinski definition) is 2. The standard InChI is InChI=1S/C25H19ClFN9O/c26-17-2-4-19(35-12-31-33-34-35)22(23(17)27)13-9-14-1-3-20(36(14)21(37)10-13)25-30-11-18(32-25)15-5-7-28-24-16(15)6-8-29-24/h2,4-8,10-12,14,20H,1,3,9H2,(H,28,29)(H,30,32)/t14-,20-/m0/s1. The number of tetrazole rings is 1. The zero-order chi connectivity index (χ0) is 25.1. The number of carbonyl (C=O) groups excluding carboxylic acids is 1. The van der Waals surface area contributed by atoms with Crippen LogP contribution in [0.5, 0.6) is 0 Å². The van der Waals surface area contributed by atoms with Crippen molar-refractivity contribution in [3.05, 3.63) is 77.5 Å². The summed E-state index contributed by atoms with van der Waals surface area (Å²) in [5.74, 6) is -0.0574. The van der Waals surface area contributed by atoms with E-state index in [0.29, 0.717) is 17.7 Å². The van der Waals surface area contributed by atoms with Gasteiger partial charge in [0.05, 0.1) is 28.6 Å². The molecule has 0 saturated carbocycles. The average Bonchev–Trinajstić information content (AvgIpc) is 3.71. The Bertz CT molecular complexity index is 1690. The Morgan fingerprint density at radius 2 is 2.05 bits per heavy atom. The first-order chi connectivity index (χ1) is 18.1. The number of H-pyrrole nitrogens is 2. The summed E-state index contributed by atoms with van der Waals surface area (Å²) in [5.41, 5.74) is 3.89. The summed E-state index contributed by atoms with van der Waals surface area (Å²) in [5, 5.41) is 12.2. The Morgan fingerprint density at radius 1 is 1.14 bits per heavy atom. The third-order valence-electron chi connectivity index (χ3n) is 7.16. The van der Waals surface area contributed by atoms with Crippen LogP contribution in [0.1, 0.15) is 36.7 Å². The predicted molar refractivity (Wildman–Crippen MR) is 133 cm³/mol. The van der Waals surface area contributed by atoms with Crippen LogP contribution in [0, 0.1) is 5.82 Å². The number of fused-ring (bicyclic) bond motifs is 2. The Labute approximate surface area is 214 Å². The number of pyridine rings is 1. The highest BCUT2D eigenvalue weighted by molar-refractivity contribution is 6.31. The number of nitrogens with zero attached hydrogens (tertiary/aromatic N) is 7. The van der Waals surface area contributed by atoms with Crippen LogP contribution in [0.15, 0.2) is 55.3 Å². The second kappa shape index (κ2) is 8.34. The van der Waals surface area contributed by atoms with E-state index in [4.69, 9.17) is 11.6 Å². The van der Waals surface area contributed by atoms with Gasteiger partial charge in [-0.2, -0.15) is 4.68 Å². The number of rotatable bonds is 4. The number of aromatic amines is 2. The van der Waals surface area contributed by atoms with E-state index >= 15 is 4.39 Å². The minimum atomic E-state index is -0.596. The van der Waals surface area contributed by atoms with Crippen molar-refractivity contribution in [2.24, 2.45) is 0 Å². The lowest BCUT2D eigenvalue weighted by molar-refractivity contribution is -0.129. The lowest BCUT2D eigenvalue weighted by Crippen LogP contribution is -2.39. The average molecular weight is 516 g/mol. The van der Waals surface area contributed by atoms with Crippen molar-refractivity contribution in [1.29, 1.82) is 0 Å². The highest BCUT2D eigenvalue weighted by Crippen LogP contribution is 2.44. The topological polar surface area (TPSA) is 121 Å². The molecule has 184 valence electrons. The maximum atomic E-state index is 15.3. The second-order valence-corrected chi connectivity index (χ2v) is 9.56. The zero-order valence-corrected chi connectivity index (χ0v) is 20.0. The summed E-state index contributed by atoms with van der Waals surface area (Å²) in [6.45, 7) is 0. The highest BCUT2D eigenvalue weighted by atomic mass is 35.5. The molecule has 6 heterocycles. The van der Waals surface area contributed by atoms with Crippen molar-refractivity contribution in [1.82, 2.24) is 45.0 Å². The van der Waals surface area contributed by atoms with Gasteiger partial charge in [-0.15, -0.1) is 5.10 Å². The molecule has 1 aromatic carbocycles. The number of nitrogens with one attached hydrogen (secondary N) is 2. The largest absolute Gasteiger partial charge is 0.346 e. The molecule has 1 amide bonds. The number of imidazole rings is 1. The van der Waals surface area contributed by atoms with E-state index in [1.165, 1.54) is 23.2 Å². The molecule has 7 rings (SSSR count). The van der Waals surface area contributed by atoms with Gasteiger partial charge in [0, 0.05) is 41.0 Å². The van der Waals surface area contributed by atoms with Gasteiger partial charge >= 0.3 is 0 Å². The Hall–Kier alpha value is -4.38. The van der Waals surface area contributed by atoms with Gasteiger partial charge in [-0.25, -0.2) is 14.4 Å². The number of benzene rings is 1. The van der Waals surface area contributed by atoms with Crippen LogP contribution in [-0.4, -0.2) is 57.0 Å². The maximum Gasteiger partial charge on any atom is 0.247 e. The Balaban J connectivity index is 1.23. The minimum Gasteiger partial charge on any atom is -0.346 e. The summed E-state index contributed by atoms with van der Waals surface area (Å²) in [6, 6.07) is 6.73. The fraction of sp³-hybridized carbons (Fsp3) is 0.200. The fourth-order valence-corrected chi connectivity index (χ4v) is 5.70. The van der Waals surface area contributed by atoms with E-state index in [9.17, 15) is 4.79 Å². The molecule has 1 fully saturated rings. The predicted octanol–water partition coefficient (Wildman–Crippen LogP) is 4.24. The molecule has 2 N–H and O–H groups in total. The molecule has 4 aromatic heterocycles. The number of aromatic nitrogens is 8. The van der Waals surface area contributed by atoms with Crippen LogP contribution in [-0.2, 0) is 4.79 Å². The van der Waals surface area contributed by atoms with Crippen LogP contribution < -0.4 is 0 Å². The summed E-state index contributed by atoms with van der Waals surface area (Å²) >= 11 is 6.12. The molecule has 0 spiro atoms. The molecule has 2 aliphatic heterocycles. The normalized spacial score (nSPS) is 19.5. The molecule has 10 nitrogen and oxygen atoms in total. The van der Waals surface area contributed by atoms with Gasteiger partial charge in [0.25, 0.3) is 0 Å². The molecular formula is C25H19ClFN9O. The molecule has 12 heteroatoms. The van der Waals surface area contributed by atoms with E-state index in [-0.39, 0.29) is 28.6 Å². The van der Waals surface area contributed by atoms with Gasteiger partial charge in [0.1, 0.15) is 17.8 Å². The van der Waals surface area contributed by atoms with Gasteiger partial charge in [-0.3, -0.25) is 4.79 Å². The highest BCUT2D eigenvalue weighted by Gasteiger charge is 2.42. The molecule has 37 heavy (non-hydrogen) atoms. The number of hydrogen-bond acceptors (Lipinski definition) is 6. The van der Waals surface area contributed by atoms with Gasteiger partial charge < -0.3 is 14.9 Å². The number of carbonyl (C=O) groups is 1. The molecule has 1 saturated heterocycles. The molecular weight excluding hydrogens is 497 g/mol. The molecule has 5 aromatic rings. The van der Waals surface area contributed by atoms with Crippen LogP contribution in [0.4, 0.5) is 4.39 Å². The van der Waals surface area contributed by atoms with Crippen molar-refractivity contribution >= 4 is 34.1 Å². The zero-order valence-electron chi connectivity index (χ0n) is 19.3. The van der Waals surface area contributed by atoms with Crippen molar-refractivity contribution in [2.75, 3.05) is 0 Å². The fourth-order valence-electron chi connectivity index (χ4n) is 5.54. The summed E-state index contributed by atoms with van der Waals surface area (Å²) < 4.78 is 16.7. The summed E-state index contributed by atoms with van der Waals surface area (Å²) in [7, 11) is 0. The van der Waals surface area contributed by atoms with E-state index in [1.54, 1.807) is 18.5 Å². The smallest absolute Gasteiger partial charge is 0.247 e. The van der Waals surface area contributed by atoms with Crippen molar-refractivity contribution < 1.29 is 9.18 Å². The van der Waals surface area contributed by atoms with Crippen LogP contribution in [0.25, 0.3) is 33.6 Å². The van der Waals surface area contributed by atoms with Crippen molar-refractivity contribution in [3.8, 4) is 16.9 Å². The van der Waals surface area contributed by atoms with E-state index in [1.807, 2.05) is 23.2 Å². The van der Waals surface area contributed by atoms with Gasteiger partial charge in [0.2, 0.25) is 5.91 Å². The second-order valence-electron chi connectivity index (χ2n) is 9.16. The summed E-state index contributed by atoms with van der Waals surface area (Å²) in [6.07, 6.45) is 10.3. The first-order valence-corrected chi connectivity index (χ1v) is 12.2. The molecule has 2 atom stereocenters. The molecule has 0 bridgehead atoms. The minimum absolute atomic E-state index is 0.0253.